The maximum atomic E-state index is 12.3. The molecule has 28 heavy (non-hydrogen) atoms. The highest BCUT2D eigenvalue weighted by Gasteiger charge is 2.21. The normalized spacial score (nSPS) is 11.3. The van der Waals surface area contributed by atoms with Crippen molar-refractivity contribution in [3.05, 3.63) is 64.2 Å². The topological polar surface area (TPSA) is 66.5 Å². The Morgan fingerprint density at radius 3 is 2.29 bits per heavy atom. The molecule has 0 atom stereocenters. The van der Waals surface area contributed by atoms with Gasteiger partial charge in [0.1, 0.15) is 6.54 Å². The Bertz CT molecular complexity index is 895. The summed E-state index contributed by atoms with van der Waals surface area (Å²) in [5, 5.41) is 3.50. The first-order valence-electron chi connectivity index (χ1n) is 8.80. The van der Waals surface area contributed by atoms with Gasteiger partial charge in [-0.05, 0) is 54.8 Å². The van der Waals surface area contributed by atoms with E-state index in [1.165, 1.54) is 5.56 Å². The summed E-state index contributed by atoms with van der Waals surface area (Å²) in [6.07, 6.45) is 1.11. The number of nitrogens with zero attached hydrogens (tertiary/aromatic N) is 1. The Labute approximate surface area is 176 Å². The van der Waals surface area contributed by atoms with Gasteiger partial charge in [-0.1, -0.05) is 29.8 Å². The first kappa shape index (κ1) is 22.6. The molecule has 5 nitrogen and oxygen atoms in total. The zero-order chi connectivity index (χ0) is 20.7. The summed E-state index contributed by atoms with van der Waals surface area (Å²) in [6.45, 7) is 4.04. The van der Waals surface area contributed by atoms with E-state index in [-0.39, 0.29) is 12.5 Å². The third-order valence-electron chi connectivity index (χ3n) is 3.93. The molecule has 2 aromatic rings. The monoisotopic (exact) mass is 440 g/mol. The number of carbonyl (C=O) groups excluding carboxylic acids is 1. The SMILES string of the molecule is Cc1cc(C)cc(N(CC(=O)NCCSCc2ccc(Cl)cc2)S(C)(=O)=O)c1. The van der Waals surface area contributed by atoms with Crippen molar-refractivity contribution in [3.63, 3.8) is 0 Å². The molecular weight excluding hydrogens is 416 g/mol. The summed E-state index contributed by atoms with van der Waals surface area (Å²) in [5.74, 6) is 1.23. The number of rotatable bonds is 9. The Balaban J connectivity index is 1.85. The van der Waals surface area contributed by atoms with Crippen LogP contribution in [-0.4, -0.2) is 39.4 Å². The lowest BCUT2D eigenvalue weighted by Crippen LogP contribution is -2.41. The summed E-state index contributed by atoms with van der Waals surface area (Å²) in [5.41, 5.74) is 3.57. The van der Waals surface area contributed by atoms with Crippen molar-refractivity contribution in [1.82, 2.24) is 5.32 Å². The number of thioether (sulfide) groups is 1. The van der Waals surface area contributed by atoms with Crippen molar-refractivity contribution in [2.45, 2.75) is 19.6 Å². The first-order chi connectivity index (χ1) is 13.1. The van der Waals surface area contributed by atoms with Gasteiger partial charge in [-0.15, -0.1) is 0 Å². The molecular formula is C20H25ClN2O3S2. The highest BCUT2D eigenvalue weighted by atomic mass is 35.5. The van der Waals surface area contributed by atoms with Crippen molar-refractivity contribution >= 4 is 45.0 Å². The van der Waals surface area contributed by atoms with Gasteiger partial charge in [0.05, 0.1) is 11.9 Å². The van der Waals surface area contributed by atoms with Crippen LogP contribution < -0.4 is 9.62 Å². The van der Waals surface area contributed by atoms with Crippen LogP contribution in [0.1, 0.15) is 16.7 Å². The van der Waals surface area contributed by atoms with Gasteiger partial charge >= 0.3 is 0 Å². The van der Waals surface area contributed by atoms with Gasteiger partial charge in [0.25, 0.3) is 0 Å². The van der Waals surface area contributed by atoms with Crippen LogP contribution in [0.3, 0.4) is 0 Å². The molecule has 0 aromatic heterocycles. The van der Waals surface area contributed by atoms with Crippen molar-refractivity contribution in [3.8, 4) is 0 Å². The van der Waals surface area contributed by atoms with Gasteiger partial charge in [-0.2, -0.15) is 11.8 Å². The second-order valence-corrected chi connectivity index (χ2v) is 10.1. The lowest BCUT2D eigenvalue weighted by atomic mass is 10.1. The second kappa shape index (κ2) is 10.2. The molecule has 0 heterocycles. The largest absolute Gasteiger partial charge is 0.354 e. The molecule has 0 spiro atoms. The fraction of sp³-hybridized carbons (Fsp3) is 0.350. The molecule has 0 unspecified atom stereocenters. The number of hydrogen-bond acceptors (Lipinski definition) is 4. The number of halogens is 1. The van der Waals surface area contributed by atoms with Crippen LogP contribution in [0.2, 0.25) is 5.02 Å². The van der Waals surface area contributed by atoms with Crippen LogP contribution in [0.4, 0.5) is 5.69 Å². The van der Waals surface area contributed by atoms with Crippen molar-refractivity contribution in [2.24, 2.45) is 0 Å². The van der Waals surface area contributed by atoms with E-state index in [1.807, 2.05) is 44.2 Å². The summed E-state index contributed by atoms with van der Waals surface area (Å²) >= 11 is 7.55. The number of amides is 1. The number of aryl methyl sites for hydroxylation is 2. The standard InChI is InChI=1S/C20H25ClN2O3S2/c1-15-10-16(2)12-19(11-15)23(28(3,25)26)13-20(24)22-8-9-27-14-17-4-6-18(21)7-5-17/h4-7,10-12H,8-9,13-14H2,1-3H3,(H,22,24). The maximum Gasteiger partial charge on any atom is 0.240 e. The molecule has 0 bridgehead atoms. The van der Waals surface area contributed by atoms with Crippen LogP contribution in [0, 0.1) is 13.8 Å². The van der Waals surface area contributed by atoms with E-state index in [2.05, 4.69) is 5.32 Å². The molecule has 1 N–H and O–H groups in total. The average Bonchev–Trinajstić information content (AvgIpc) is 2.59. The van der Waals surface area contributed by atoms with Crippen LogP contribution >= 0.6 is 23.4 Å². The summed E-state index contributed by atoms with van der Waals surface area (Å²) < 4.78 is 25.5. The minimum atomic E-state index is -3.56. The van der Waals surface area contributed by atoms with E-state index in [9.17, 15) is 13.2 Å². The number of sulfonamides is 1. The molecule has 0 aliphatic carbocycles. The fourth-order valence-corrected chi connectivity index (χ4v) is 4.50. The Morgan fingerprint density at radius 1 is 1.11 bits per heavy atom. The number of carbonyl (C=O) groups is 1. The molecule has 8 heteroatoms. The maximum absolute atomic E-state index is 12.3. The van der Waals surface area contributed by atoms with Gasteiger partial charge in [0.15, 0.2) is 0 Å². The molecule has 0 fully saturated rings. The molecule has 2 aromatic carbocycles. The lowest BCUT2D eigenvalue weighted by molar-refractivity contribution is -0.119. The van der Waals surface area contributed by atoms with Gasteiger partial charge in [0, 0.05) is 23.1 Å². The molecule has 0 saturated heterocycles. The predicted octanol–water partition coefficient (Wildman–Crippen LogP) is 3.77. The third kappa shape index (κ3) is 7.37. The predicted molar refractivity (Wildman–Crippen MR) is 119 cm³/mol. The zero-order valence-electron chi connectivity index (χ0n) is 16.2. The van der Waals surface area contributed by atoms with Gasteiger partial charge < -0.3 is 5.32 Å². The minimum absolute atomic E-state index is 0.233. The minimum Gasteiger partial charge on any atom is -0.354 e. The average molecular weight is 441 g/mol. The number of hydrogen-bond donors (Lipinski definition) is 1. The highest BCUT2D eigenvalue weighted by molar-refractivity contribution is 7.98. The molecule has 0 saturated carbocycles. The van der Waals surface area contributed by atoms with Crippen LogP contribution in [-0.2, 0) is 20.6 Å². The Kier molecular flexibility index (Phi) is 8.22. The molecule has 0 aliphatic heterocycles. The van der Waals surface area contributed by atoms with E-state index in [0.717, 1.165) is 33.2 Å². The fourth-order valence-electron chi connectivity index (χ4n) is 2.71. The molecule has 1 amide bonds. The molecule has 152 valence electrons. The number of anilines is 1. The molecule has 2 rings (SSSR count). The first-order valence-corrected chi connectivity index (χ1v) is 12.2. The van der Waals surface area contributed by atoms with Gasteiger partial charge in [-0.25, -0.2) is 8.42 Å². The smallest absolute Gasteiger partial charge is 0.240 e. The Morgan fingerprint density at radius 2 is 1.71 bits per heavy atom. The zero-order valence-corrected chi connectivity index (χ0v) is 18.6. The second-order valence-electron chi connectivity index (χ2n) is 6.64. The van der Waals surface area contributed by atoms with Crippen molar-refractivity contribution < 1.29 is 13.2 Å². The van der Waals surface area contributed by atoms with E-state index in [1.54, 1.807) is 23.9 Å². The quantitative estimate of drug-likeness (QED) is 0.602. The van der Waals surface area contributed by atoms with Gasteiger partial charge in [-0.3, -0.25) is 9.10 Å². The van der Waals surface area contributed by atoms with Crippen molar-refractivity contribution in [2.75, 3.05) is 29.4 Å². The molecule has 0 aliphatic rings. The number of benzene rings is 2. The molecule has 0 radical (unpaired) electrons. The lowest BCUT2D eigenvalue weighted by Gasteiger charge is -2.22. The summed E-state index contributed by atoms with van der Waals surface area (Å²) in [4.78, 5) is 12.3. The van der Waals surface area contributed by atoms with Gasteiger partial charge in [0.2, 0.25) is 15.9 Å². The Hall–Kier alpha value is -1.70. The van der Waals surface area contributed by atoms with Crippen LogP contribution in [0.5, 0.6) is 0 Å². The number of nitrogens with one attached hydrogen (secondary N) is 1. The summed E-state index contributed by atoms with van der Waals surface area (Å²) in [7, 11) is -3.56. The van der Waals surface area contributed by atoms with E-state index < -0.39 is 10.0 Å². The van der Waals surface area contributed by atoms with E-state index in [0.29, 0.717) is 17.3 Å². The van der Waals surface area contributed by atoms with Crippen molar-refractivity contribution in [1.29, 1.82) is 0 Å². The van der Waals surface area contributed by atoms with Crippen LogP contribution in [0.25, 0.3) is 0 Å². The van der Waals surface area contributed by atoms with E-state index >= 15 is 0 Å². The summed E-state index contributed by atoms with van der Waals surface area (Å²) in [6, 6.07) is 13.1. The third-order valence-corrected chi connectivity index (χ3v) is 6.36. The van der Waals surface area contributed by atoms with E-state index in [4.69, 9.17) is 11.6 Å². The highest BCUT2D eigenvalue weighted by Crippen LogP contribution is 2.21. The van der Waals surface area contributed by atoms with Crippen LogP contribution in [0.15, 0.2) is 42.5 Å².